The molecule has 0 spiro atoms. The Morgan fingerprint density at radius 3 is 0.846 bits per heavy atom. The van der Waals surface area contributed by atoms with Crippen LogP contribution in [0.1, 0.15) is 0 Å². The van der Waals surface area contributed by atoms with Crippen molar-refractivity contribution in [3.63, 3.8) is 0 Å². The van der Waals surface area contributed by atoms with Gasteiger partial charge in [0, 0.05) is 12.2 Å². The molecule has 2 nitrogen and oxygen atoms in total. The van der Waals surface area contributed by atoms with E-state index >= 15 is 0 Å². The Bertz CT molecular complexity index is 799. The van der Waals surface area contributed by atoms with Crippen LogP contribution in [0.15, 0.2) is 0 Å². The van der Waals surface area contributed by atoms with Gasteiger partial charge in [0.1, 0.15) is 0 Å². The maximum absolute atomic E-state index is 13.4. The van der Waals surface area contributed by atoms with Crippen LogP contribution in [0.2, 0.25) is 0 Å². The zero-order valence-electron chi connectivity index (χ0n) is 11.5. The number of thiocarbonyl (C=S) groups is 1. The van der Waals surface area contributed by atoms with Crippen LogP contribution < -0.4 is 9.47 Å². The van der Waals surface area contributed by atoms with E-state index in [9.17, 15) is 43.9 Å². The van der Waals surface area contributed by atoms with Crippen molar-refractivity contribution in [1.82, 2.24) is 0 Å². The SMILES string of the molecule is Fc1c(F)c(F)c(OC(=S)Oc2c(F)c(F)c(F)c(F)c2F)c(F)c1F. The summed E-state index contributed by atoms with van der Waals surface area (Å²) in [5, 5.41) is -1.73. The van der Waals surface area contributed by atoms with Crippen molar-refractivity contribution in [1.29, 1.82) is 0 Å². The molecule has 0 aliphatic carbocycles. The van der Waals surface area contributed by atoms with Gasteiger partial charge in [-0.05, 0) is 0 Å². The van der Waals surface area contributed by atoms with Gasteiger partial charge in [-0.2, -0.15) is 17.6 Å². The number of hydrogen-bond acceptors (Lipinski definition) is 3. The van der Waals surface area contributed by atoms with Crippen molar-refractivity contribution in [2.75, 3.05) is 0 Å². The number of rotatable bonds is 2. The molecule has 0 bridgehead atoms. The fraction of sp³-hybridized carbons (Fsp3) is 0. The Balaban J connectivity index is 2.41. The molecular weight excluding hydrogens is 410 g/mol. The Labute approximate surface area is 141 Å². The standard InChI is InChI=1S/C13F10O2S/c14-1-3(16)7(20)11(8(21)4(1)17)24-13(26)25-12-9(22)5(18)2(15)6(19)10(12)23. The Hall–Kier alpha value is -2.57. The number of ether oxygens (including phenoxy) is 2. The smallest absolute Gasteiger partial charge is 0.363 e. The lowest BCUT2D eigenvalue weighted by atomic mass is 10.2. The summed E-state index contributed by atoms with van der Waals surface area (Å²) in [5.74, 6) is -29.0. The molecule has 0 amide bonds. The summed E-state index contributed by atoms with van der Waals surface area (Å²) in [7, 11) is 0. The highest BCUT2D eigenvalue weighted by atomic mass is 32.1. The van der Waals surface area contributed by atoms with Crippen molar-refractivity contribution < 1.29 is 53.4 Å². The van der Waals surface area contributed by atoms with Crippen molar-refractivity contribution in [3.05, 3.63) is 58.2 Å². The summed E-state index contributed by atoms with van der Waals surface area (Å²) in [6.45, 7) is 0. The van der Waals surface area contributed by atoms with Crippen LogP contribution in [0.25, 0.3) is 0 Å². The second-order valence-corrected chi connectivity index (χ2v) is 4.59. The first kappa shape index (κ1) is 19.8. The molecule has 0 N–H and O–H groups in total. The van der Waals surface area contributed by atoms with E-state index in [1.54, 1.807) is 0 Å². The zero-order chi connectivity index (χ0) is 19.9. The van der Waals surface area contributed by atoms with Crippen LogP contribution in [0.4, 0.5) is 43.9 Å². The van der Waals surface area contributed by atoms with E-state index in [2.05, 4.69) is 21.7 Å². The van der Waals surface area contributed by atoms with Gasteiger partial charge in [-0.3, -0.25) is 0 Å². The fourth-order valence-corrected chi connectivity index (χ4v) is 1.70. The normalized spacial score (nSPS) is 10.8. The third-order valence-corrected chi connectivity index (χ3v) is 2.88. The summed E-state index contributed by atoms with van der Waals surface area (Å²) < 4.78 is 139. The van der Waals surface area contributed by atoms with Crippen LogP contribution in [-0.4, -0.2) is 5.24 Å². The minimum absolute atomic E-state index is 1.73. The van der Waals surface area contributed by atoms with E-state index in [4.69, 9.17) is 0 Å². The van der Waals surface area contributed by atoms with Crippen molar-refractivity contribution in [2.45, 2.75) is 0 Å². The van der Waals surface area contributed by atoms with Crippen LogP contribution in [0.3, 0.4) is 0 Å². The van der Waals surface area contributed by atoms with Gasteiger partial charge in [0.25, 0.3) is 0 Å². The molecule has 26 heavy (non-hydrogen) atoms. The molecule has 0 saturated carbocycles. The molecule has 2 aromatic rings. The third-order valence-electron chi connectivity index (χ3n) is 2.71. The molecule has 0 heterocycles. The highest BCUT2D eigenvalue weighted by molar-refractivity contribution is 7.79. The lowest BCUT2D eigenvalue weighted by molar-refractivity contribution is 0.302. The van der Waals surface area contributed by atoms with Gasteiger partial charge in [0.2, 0.25) is 69.7 Å². The fourth-order valence-electron chi connectivity index (χ4n) is 1.54. The Morgan fingerprint density at radius 1 is 0.423 bits per heavy atom. The number of hydrogen-bond donors (Lipinski definition) is 0. The maximum atomic E-state index is 13.4. The average Bonchev–Trinajstić information content (AvgIpc) is 2.62. The number of benzene rings is 2. The molecule has 0 unspecified atom stereocenters. The van der Waals surface area contributed by atoms with Crippen molar-refractivity contribution >= 4 is 17.5 Å². The summed E-state index contributed by atoms with van der Waals surface area (Å²) in [5.41, 5.74) is 0. The monoisotopic (exact) mass is 410 g/mol. The predicted octanol–water partition coefficient (Wildman–Crippen LogP) is 4.82. The predicted molar refractivity (Wildman–Crippen MR) is 66.3 cm³/mol. The molecule has 0 atom stereocenters. The molecule has 0 aromatic heterocycles. The zero-order valence-corrected chi connectivity index (χ0v) is 12.3. The molecule has 2 aromatic carbocycles. The minimum atomic E-state index is -2.54. The van der Waals surface area contributed by atoms with Crippen LogP contribution in [-0.2, 0) is 0 Å². The average molecular weight is 410 g/mol. The molecule has 0 saturated heterocycles. The van der Waals surface area contributed by atoms with Gasteiger partial charge in [-0.25, -0.2) is 26.3 Å². The lowest BCUT2D eigenvalue weighted by Gasteiger charge is -2.12. The number of halogens is 10. The summed E-state index contributed by atoms with van der Waals surface area (Å²) in [4.78, 5) is 0. The molecule has 0 radical (unpaired) electrons. The molecule has 0 fully saturated rings. The first-order valence-electron chi connectivity index (χ1n) is 5.91. The third kappa shape index (κ3) is 3.13. The summed E-state index contributed by atoms with van der Waals surface area (Å²) >= 11 is 4.11. The van der Waals surface area contributed by atoms with Crippen LogP contribution in [0, 0.1) is 58.2 Å². The highest BCUT2D eigenvalue weighted by Crippen LogP contribution is 2.32. The Kier molecular flexibility index (Phi) is 5.30. The molecule has 0 aliphatic rings. The maximum Gasteiger partial charge on any atom is 0.363 e. The largest absolute Gasteiger partial charge is 0.411 e. The van der Waals surface area contributed by atoms with Gasteiger partial charge in [-0.15, -0.1) is 0 Å². The summed E-state index contributed by atoms with van der Waals surface area (Å²) in [6.07, 6.45) is 0. The minimum Gasteiger partial charge on any atom is -0.411 e. The van der Waals surface area contributed by atoms with Gasteiger partial charge in [-0.1, -0.05) is 0 Å². The molecule has 0 aliphatic heterocycles. The summed E-state index contributed by atoms with van der Waals surface area (Å²) in [6, 6.07) is 0. The van der Waals surface area contributed by atoms with Gasteiger partial charge in [0.15, 0.2) is 0 Å². The molecule has 2 rings (SSSR count). The lowest BCUT2D eigenvalue weighted by Crippen LogP contribution is -2.19. The van der Waals surface area contributed by atoms with Crippen molar-refractivity contribution in [3.8, 4) is 11.5 Å². The second-order valence-electron chi connectivity index (χ2n) is 4.25. The first-order valence-corrected chi connectivity index (χ1v) is 6.32. The van der Waals surface area contributed by atoms with Crippen LogP contribution >= 0.6 is 12.2 Å². The van der Waals surface area contributed by atoms with E-state index < -0.39 is 74.9 Å². The van der Waals surface area contributed by atoms with E-state index in [1.165, 1.54) is 0 Å². The van der Waals surface area contributed by atoms with Gasteiger partial charge < -0.3 is 9.47 Å². The quantitative estimate of drug-likeness (QED) is 0.306. The molecule has 13 heteroatoms. The highest BCUT2D eigenvalue weighted by Gasteiger charge is 2.31. The first-order chi connectivity index (χ1) is 12.0. The Morgan fingerprint density at radius 2 is 0.615 bits per heavy atom. The van der Waals surface area contributed by atoms with Crippen LogP contribution in [0.5, 0.6) is 11.5 Å². The van der Waals surface area contributed by atoms with Gasteiger partial charge in [0.05, 0.1) is 0 Å². The second kappa shape index (κ2) is 6.97. The van der Waals surface area contributed by atoms with Crippen molar-refractivity contribution in [2.24, 2.45) is 0 Å². The molecule has 140 valence electrons. The van der Waals surface area contributed by atoms with E-state index in [0.29, 0.717) is 0 Å². The van der Waals surface area contributed by atoms with E-state index in [-0.39, 0.29) is 0 Å². The van der Waals surface area contributed by atoms with E-state index in [0.717, 1.165) is 0 Å². The van der Waals surface area contributed by atoms with E-state index in [1.807, 2.05) is 0 Å². The van der Waals surface area contributed by atoms with Gasteiger partial charge >= 0.3 is 5.24 Å². The molecular formula is C13F10O2S. The topological polar surface area (TPSA) is 18.5 Å².